The van der Waals surface area contributed by atoms with Crippen molar-refractivity contribution in [2.24, 2.45) is 5.92 Å². The van der Waals surface area contributed by atoms with Crippen molar-refractivity contribution >= 4 is 63.3 Å². The molecule has 33 heavy (non-hydrogen) atoms. The minimum atomic E-state index is -0.434. The van der Waals surface area contributed by atoms with E-state index >= 15 is 0 Å². The van der Waals surface area contributed by atoms with Gasteiger partial charge >= 0.3 is 0 Å². The molecule has 10 heteroatoms. The molecule has 8 nitrogen and oxygen atoms in total. The van der Waals surface area contributed by atoms with Crippen molar-refractivity contribution in [2.45, 2.75) is 32.1 Å². The van der Waals surface area contributed by atoms with E-state index in [9.17, 15) is 14.4 Å². The third-order valence-corrected chi connectivity index (χ3v) is 6.37. The van der Waals surface area contributed by atoms with Crippen LogP contribution in [0, 0.1) is 9.49 Å². The number of rotatable bonds is 5. The highest BCUT2D eigenvalue weighted by Crippen LogP contribution is 2.25. The molecule has 0 saturated heterocycles. The molecule has 0 heterocycles. The summed E-state index contributed by atoms with van der Waals surface area (Å²) in [4.78, 5) is 37.0. The Labute approximate surface area is 211 Å². The Morgan fingerprint density at radius 3 is 2.24 bits per heavy atom. The van der Waals surface area contributed by atoms with Crippen LogP contribution in [0.3, 0.4) is 0 Å². The van der Waals surface area contributed by atoms with E-state index in [1.165, 1.54) is 6.42 Å². The van der Waals surface area contributed by atoms with Crippen LogP contribution in [0.2, 0.25) is 0 Å². The van der Waals surface area contributed by atoms with Crippen molar-refractivity contribution < 1.29 is 19.1 Å². The van der Waals surface area contributed by atoms with E-state index in [0.29, 0.717) is 22.6 Å². The first-order valence-electron chi connectivity index (χ1n) is 10.5. The third kappa shape index (κ3) is 7.13. The van der Waals surface area contributed by atoms with Crippen LogP contribution in [0.15, 0.2) is 42.5 Å². The zero-order chi connectivity index (χ0) is 23.8. The van der Waals surface area contributed by atoms with Gasteiger partial charge in [0.15, 0.2) is 5.11 Å². The number of anilines is 1. The van der Waals surface area contributed by atoms with Gasteiger partial charge in [-0.15, -0.1) is 0 Å². The van der Waals surface area contributed by atoms with Gasteiger partial charge in [-0.1, -0.05) is 19.3 Å². The largest absolute Gasteiger partial charge is 0.496 e. The standard InChI is InChI=1S/C23H25IN4O4S/c1-32-19-12-9-16(13-18(19)24)21(30)26-23(33)28-27-22(31)15-7-10-17(11-8-15)25-20(29)14-5-3-2-4-6-14/h7-14H,2-6H2,1H3,(H,25,29)(H,27,31)(H2,26,28,30,33). The average molecular weight is 580 g/mol. The number of ether oxygens (including phenoxy) is 1. The number of halogens is 1. The van der Waals surface area contributed by atoms with Crippen LogP contribution in [0.1, 0.15) is 52.8 Å². The average Bonchev–Trinajstić information content (AvgIpc) is 2.83. The Hall–Kier alpha value is -2.73. The van der Waals surface area contributed by atoms with Crippen LogP contribution in [0.4, 0.5) is 5.69 Å². The number of hydrogen-bond acceptors (Lipinski definition) is 5. The topological polar surface area (TPSA) is 109 Å². The van der Waals surface area contributed by atoms with Crippen LogP contribution < -0.4 is 26.2 Å². The van der Waals surface area contributed by atoms with Crippen molar-refractivity contribution in [2.75, 3.05) is 12.4 Å². The summed E-state index contributed by atoms with van der Waals surface area (Å²) in [5.41, 5.74) is 6.38. The van der Waals surface area contributed by atoms with Gasteiger partial charge in [0.25, 0.3) is 11.8 Å². The molecule has 0 aromatic heterocycles. The Kier molecular flexibility index (Phi) is 9.01. The van der Waals surface area contributed by atoms with Gasteiger partial charge in [0.2, 0.25) is 5.91 Å². The second kappa shape index (κ2) is 11.9. The second-order valence-corrected chi connectivity index (χ2v) is 9.18. The normalized spacial score (nSPS) is 13.5. The van der Waals surface area contributed by atoms with Crippen LogP contribution in [-0.4, -0.2) is 29.9 Å². The van der Waals surface area contributed by atoms with Crippen LogP contribution >= 0.6 is 34.8 Å². The molecule has 1 aliphatic carbocycles. The first-order valence-corrected chi connectivity index (χ1v) is 12.0. The highest BCUT2D eigenvalue weighted by molar-refractivity contribution is 14.1. The molecule has 1 fully saturated rings. The monoisotopic (exact) mass is 580 g/mol. The molecule has 3 amide bonds. The number of hydrazine groups is 1. The Bertz CT molecular complexity index is 1040. The summed E-state index contributed by atoms with van der Waals surface area (Å²) in [5, 5.41) is 5.37. The molecule has 0 aliphatic heterocycles. The molecule has 0 atom stereocenters. The number of carbonyl (C=O) groups is 3. The maximum absolute atomic E-state index is 12.4. The van der Waals surface area contributed by atoms with Gasteiger partial charge in [0.1, 0.15) is 5.75 Å². The molecule has 4 N–H and O–H groups in total. The molecular formula is C23H25IN4O4S. The smallest absolute Gasteiger partial charge is 0.269 e. The van der Waals surface area contributed by atoms with Crippen molar-refractivity contribution in [1.29, 1.82) is 0 Å². The number of carbonyl (C=O) groups excluding carboxylic acids is 3. The number of hydrogen-bond donors (Lipinski definition) is 4. The highest BCUT2D eigenvalue weighted by Gasteiger charge is 2.21. The SMILES string of the molecule is COc1ccc(C(=O)NC(=S)NNC(=O)c2ccc(NC(=O)C3CCCCC3)cc2)cc1I. The summed E-state index contributed by atoms with van der Waals surface area (Å²) in [6, 6.07) is 11.6. The van der Waals surface area contributed by atoms with Gasteiger partial charge in [-0.25, -0.2) is 0 Å². The van der Waals surface area contributed by atoms with Crippen LogP contribution in [0.25, 0.3) is 0 Å². The molecule has 0 bridgehead atoms. The summed E-state index contributed by atoms with van der Waals surface area (Å²) < 4.78 is 5.96. The summed E-state index contributed by atoms with van der Waals surface area (Å²) in [7, 11) is 1.56. The van der Waals surface area contributed by atoms with Crippen molar-refractivity contribution in [3.8, 4) is 5.75 Å². The molecule has 0 spiro atoms. The first kappa shape index (κ1) is 24.9. The predicted octanol–water partition coefficient (Wildman–Crippen LogP) is 3.77. The third-order valence-electron chi connectivity index (χ3n) is 5.32. The maximum Gasteiger partial charge on any atom is 0.269 e. The molecule has 2 aromatic carbocycles. The second-order valence-electron chi connectivity index (χ2n) is 7.61. The first-order chi connectivity index (χ1) is 15.9. The van der Waals surface area contributed by atoms with Crippen molar-refractivity contribution in [3.63, 3.8) is 0 Å². The minimum absolute atomic E-state index is 0.0289. The Morgan fingerprint density at radius 2 is 1.61 bits per heavy atom. The summed E-state index contributed by atoms with van der Waals surface area (Å²) in [5.74, 6) is -0.0967. The lowest BCUT2D eigenvalue weighted by atomic mass is 9.88. The van der Waals surface area contributed by atoms with Gasteiger partial charge in [-0.2, -0.15) is 0 Å². The summed E-state index contributed by atoms with van der Waals surface area (Å²) in [6.45, 7) is 0. The number of benzene rings is 2. The van der Waals surface area contributed by atoms with E-state index in [1.54, 1.807) is 49.6 Å². The fourth-order valence-electron chi connectivity index (χ4n) is 3.51. The minimum Gasteiger partial charge on any atom is -0.496 e. The highest BCUT2D eigenvalue weighted by atomic mass is 127. The van der Waals surface area contributed by atoms with E-state index < -0.39 is 11.8 Å². The van der Waals surface area contributed by atoms with Crippen molar-refractivity contribution in [3.05, 3.63) is 57.2 Å². The fraction of sp³-hybridized carbons (Fsp3) is 0.304. The van der Waals surface area contributed by atoms with Gasteiger partial charge < -0.3 is 10.1 Å². The van der Waals surface area contributed by atoms with E-state index in [1.807, 2.05) is 0 Å². The molecular weight excluding hydrogens is 555 g/mol. The van der Waals surface area contributed by atoms with E-state index in [2.05, 4.69) is 44.1 Å². The van der Waals surface area contributed by atoms with E-state index in [-0.39, 0.29) is 16.9 Å². The molecule has 1 aliphatic rings. The predicted molar refractivity (Wildman–Crippen MR) is 138 cm³/mol. The Balaban J connectivity index is 1.46. The fourth-order valence-corrected chi connectivity index (χ4v) is 4.39. The molecule has 3 rings (SSSR count). The number of thiocarbonyl (C=S) groups is 1. The van der Waals surface area contributed by atoms with Gasteiger partial charge in [-0.3, -0.25) is 30.6 Å². The summed E-state index contributed by atoms with van der Waals surface area (Å²) >= 11 is 7.15. The lowest BCUT2D eigenvalue weighted by molar-refractivity contribution is -0.120. The van der Waals surface area contributed by atoms with Crippen molar-refractivity contribution in [1.82, 2.24) is 16.2 Å². The van der Waals surface area contributed by atoms with Gasteiger partial charge in [-0.05, 0) is 90.1 Å². The molecule has 2 aromatic rings. The molecule has 1 saturated carbocycles. The zero-order valence-corrected chi connectivity index (χ0v) is 21.0. The van der Waals surface area contributed by atoms with Gasteiger partial charge in [0, 0.05) is 22.7 Å². The molecule has 0 unspecified atom stereocenters. The van der Waals surface area contributed by atoms with Gasteiger partial charge in [0.05, 0.1) is 10.7 Å². The number of methoxy groups -OCH3 is 1. The van der Waals surface area contributed by atoms with E-state index in [4.69, 9.17) is 17.0 Å². The molecule has 0 radical (unpaired) electrons. The zero-order valence-electron chi connectivity index (χ0n) is 18.1. The summed E-state index contributed by atoms with van der Waals surface area (Å²) in [6.07, 6.45) is 5.21. The van der Waals surface area contributed by atoms with E-state index in [0.717, 1.165) is 29.3 Å². The Morgan fingerprint density at radius 1 is 0.939 bits per heavy atom. The lowest BCUT2D eigenvalue weighted by Crippen LogP contribution is -2.48. The number of nitrogens with one attached hydrogen (secondary N) is 4. The quantitative estimate of drug-likeness (QED) is 0.244. The number of amides is 3. The van der Waals surface area contributed by atoms with Crippen LogP contribution in [0.5, 0.6) is 5.75 Å². The molecule has 174 valence electrons. The van der Waals surface area contributed by atoms with Crippen LogP contribution in [-0.2, 0) is 4.79 Å². The lowest BCUT2D eigenvalue weighted by Gasteiger charge is -2.20. The maximum atomic E-state index is 12.4.